The van der Waals surface area contributed by atoms with E-state index in [0.717, 1.165) is 12.1 Å². The Morgan fingerprint density at radius 2 is 1.95 bits per heavy atom. The maximum atomic E-state index is 12.5. The third-order valence-electron chi connectivity index (χ3n) is 4.06. The van der Waals surface area contributed by atoms with Gasteiger partial charge in [0.15, 0.2) is 0 Å². The van der Waals surface area contributed by atoms with Crippen LogP contribution in [0.5, 0.6) is 0 Å². The van der Waals surface area contributed by atoms with Gasteiger partial charge in [-0.2, -0.15) is 13.2 Å². The molecule has 3 atom stereocenters. The van der Waals surface area contributed by atoms with Crippen molar-refractivity contribution in [2.24, 2.45) is 0 Å². The number of benzene rings is 1. The molecule has 0 saturated carbocycles. The van der Waals surface area contributed by atoms with Crippen LogP contribution in [0.3, 0.4) is 0 Å². The molecule has 1 fully saturated rings. The maximum absolute atomic E-state index is 12.5. The number of β-amino-alcohol motifs (C(OH)–C–C–N with tert-alkyl or cyclic N) is 1. The Bertz CT molecular complexity index is 478. The molecular formula is C15H20F3NO3. The Kier molecular flexibility index (Phi) is 5.44. The first-order valence-electron chi connectivity index (χ1n) is 7.08. The number of aliphatic hydroxyl groups excluding tert-OH is 2. The van der Waals surface area contributed by atoms with Crippen LogP contribution in [0, 0.1) is 0 Å². The third kappa shape index (κ3) is 3.98. The van der Waals surface area contributed by atoms with Crippen molar-refractivity contribution < 1.29 is 28.1 Å². The Balaban J connectivity index is 2.01. The van der Waals surface area contributed by atoms with Gasteiger partial charge in [0.05, 0.1) is 24.4 Å². The SMILES string of the molecule is CO[C@@H]1C[C@@H](CO)N(CC(O)c2ccc(C(F)(F)F)cc2)C1. The smallest absolute Gasteiger partial charge is 0.395 e. The molecule has 0 aromatic heterocycles. The first kappa shape index (κ1) is 17.2. The molecule has 4 nitrogen and oxygen atoms in total. The molecular weight excluding hydrogens is 299 g/mol. The normalized spacial score (nSPS) is 24.6. The minimum atomic E-state index is -4.38. The van der Waals surface area contributed by atoms with E-state index in [4.69, 9.17) is 4.74 Å². The topological polar surface area (TPSA) is 52.9 Å². The predicted octanol–water partition coefficient (Wildman–Crippen LogP) is 1.82. The molecule has 1 heterocycles. The monoisotopic (exact) mass is 319 g/mol. The lowest BCUT2D eigenvalue weighted by atomic mass is 10.1. The number of likely N-dealkylation sites (tertiary alicyclic amines) is 1. The van der Waals surface area contributed by atoms with Gasteiger partial charge in [0, 0.05) is 26.2 Å². The van der Waals surface area contributed by atoms with Gasteiger partial charge in [-0.3, -0.25) is 4.90 Å². The number of halogens is 3. The van der Waals surface area contributed by atoms with E-state index in [1.54, 1.807) is 7.11 Å². The first-order chi connectivity index (χ1) is 10.3. The average molecular weight is 319 g/mol. The van der Waals surface area contributed by atoms with Gasteiger partial charge < -0.3 is 14.9 Å². The number of aliphatic hydroxyl groups is 2. The van der Waals surface area contributed by atoms with Crippen molar-refractivity contribution in [1.82, 2.24) is 4.90 Å². The van der Waals surface area contributed by atoms with Gasteiger partial charge in [-0.05, 0) is 24.1 Å². The maximum Gasteiger partial charge on any atom is 0.416 e. The second-order valence-electron chi connectivity index (χ2n) is 5.52. The van der Waals surface area contributed by atoms with Gasteiger partial charge in [0.25, 0.3) is 0 Å². The number of nitrogens with zero attached hydrogens (tertiary/aromatic N) is 1. The molecule has 2 N–H and O–H groups in total. The van der Waals surface area contributed by atoms with Gasteiger partial charge in [-0.1, -0.05) is 12.1 Å². The second-order valence-corrected chi connectivity index (χ2v) is 5.52. The summed E-state index contributed by atoms with van der Waals surface area (Å²) >= 11 is 0. The predicted molar refractivity (Wildman–Crippen MR) is 74.3 cm³/mol. The molecule has 0 amide bonds. The first-order valence-corrected chi connectivity index (χ1v) is 7.08. The largest absolute Gasteiger partial charge is 0.416 e. The van der Waals surface area contributed by atoms with Crippen LogP contribution in [0.25, 0.3) is 0 Å². The molecule has 1 aromatic rings. The van der Waals surface area contributed by atoms with Crippen molar-refractivity contribution in [3.05, 3.63) is 35.4 Å². The van der Waals surface area contributed by atoms with E-state index in [1.165, 1.54) is 12.1 Å². The zero-order chi connectivity index (χ0) is 16.3. The molecule has 22 heavy (non-hydrogen) atoms. The van der Waals surface area contributed by atoms with Crippen LogP contribution in [-0.4, -0.2) is 54.1 Å². The van der Waals surface area contributed by atoms with E-state index in [0.29, 0.717) is 18.5 Å². The van der Waals surface area contributed by atoms with Crippen molar-refractivity contribution in [3.8, 4) is 0 Å². The molecule has 2 rings (SSSR count). The van der Waals surface area contributed by atoms with E-state index in [9.17, 15) is 23.4 Å². The van der Waals surface area contributed by atoms with Crippen LogP contribution in [-0.2, 0) is 10.9 Å². The molecule has 124 valence electrons. The Morgan fingerprint density at radius 3 is 2.45 bits per heavy atom. The van der Waals surface area contributed by atoms with Crippen LogP contribution in [0.15, 0.2) is 24.3 Å². The van der Waals surface area contributed by atoms with E-state index in [-0.39, 0.29) is 25.3 Å². The van der Waals surface area contributed by atoms with Crippen LogP contribution >= 0.6 is 0 Å². The standard InChI is InChI=1S/C15H20F3NO3/c1-22-13-6-12(9-20)19(7-13)8-14(21)10-2-4-11(5-3-10)15(16,17)18/h2-5,12-14,20-21H,6-9H2,1H3/t12-,13+,14?/m0/s1. The van der Waals surface area contributed by atoms with Crippen molar-refractivity contribution in [3.63, 3.8) is 0 Å². The minimum Gasteiger partial charge on any atom is -0.395 e. The van der Waals surface area contributed by atoms with Crippen LogP contribution in [0.4, 0.5) is 13.2 Å². The van der Waals surface area contributed by atoms with E-state index < -0.39 is 17.8 Å². The van der Waals surface area contributed by atoms with Crippen molar-refractivity contribution in [2.45, 2.75) is 30.8 Å². The van der Waals surface area contributed by atoms with E-state index >= 15 is 0 Å². The van der Waals surface area contributed by atoms with Gasteiger partial charge in [-0.25, -0.2) is 0 Å². The fourth-order valence-electron chi connectivity index (χ4n) is 2.74. The molecule has 1 unspecified atom stereocenters. The highest BCUT2D eigenvalue weighted by Crippen LogP contribution is 2.30. The van der Waals surface area contributed by atoms with E-state index in [1.807, 2.05) is 4.90 Å². The van der Waals surface area contributed by atoms with E-state index in [2.05, 4.69) is 0 Å². The summed E-state index contributed by atoms with van der Waals surface area (Å²) < 4.78 is 42.8. The summed E-state index contributed by atoms with van der Waals surface area (Å²) in [4.78, 5) is 1.90. The van der Waals surface area contributed by atoms with Crippen molar-refractivity contribution >= 4 is 0 Å². The Labute approximate surface area is 127 Å². The lowest BCUT2D eigenvalue weighted by molar-refractivity contribution is -0.137. The molecule has 0 aliphatic carbocycles. The van der Waals surface area contributed by atoms with Crippen molar-refractivity contribution in [1.29, 1.82) is 0 Å². The zero-order valence-corrected chi connectivity index (χ0v) is 12.3. The molecule has 1 saturated heterocycles. The molecule has 1 aromatic carbocycles. The molecule has 0 radical (unpaired) electrons. The van der Waals surface area contributed by atoms with Gasteiger partial charge >= 0.3 is 6.18 Å². The third-order valence-corrected chi connectivity index (χ3v) is 4.06. The summed E-state index contributed by atoms with van der Waals surface area (Å²) in [5.74, 6) is 0. The Morgan fingerprint density at radius 1 is 1.32 bits per heavy atom. The molecule has 0 bridgehead atoms. The quantitative estimate of drug-likeness (QED) is 0.869. The van der Waals surface area contributed by atoms with Gasteiger partial charge in [0.1, 0.15) is 0 Å². The lowest BCUT2D eigenvalue weighted by Gasteiger charge is -2.25. The highest BCUT2D eigenvalue weighted by atomic mass is 19.4. The fourth-order valence-corrected chi connectivity index (χ4v) is 2.74. The average Bonchev–Trinajstić information content (AvgIpc) is 2.88. The lowest BCUT2D eigenvalue weighted by Crippen LogP contribution is -2.36. The fraction of sp³-hybridized carbons (Fsp3) is 0.600. The van der Waals surface area contributed by atoms with Crippen LogP contribution in [0.2, 0.25) is 0 Å². The number of ether oxygens (including phenoxy) is 1. The second kappa shape index (κ2) is 6.95. The molecule has 7 heteroatoms. The van der Waals surface area contributed by atoms with Gasteiger partial charge in [0.2, 0.25) is 0 Å². The molecule has 1 aliphatic rings. The number of hydrogen-bond donors (Lipinski definition) is 2. The number of alkyl halides is 3. The molecule has 1 aliphatic heterocycles. The summed E-state index contributed by atoms with van der Waals surface area (Å²) in [7, 11) is 1.59. The summed E-state index contributed by atoms with van der Waals surface area (Å²) in [6.07, 6.45) is -4.62. The summed E-state index contributed by atoms with van der Waals surface area (Å²) in [5.41, 5.74) is -0.317. The highest BCUT2D eigenvalue weighted by Gasteiger charge is 2.33. The zero-order valence-electron chi connectivity index (χ0n) is 12.3. The molecule has 0 spiro atoms. The highest BCUT2D eigenvalue weighted by molar-refractivity contribution is 5.26. The minimum absolute atomic E-state index is 0.00282. The Hall–Kier alpha value is -1.15. The van der Waals surface area contributed by atoms with Crippen molar-refractivity contribution in [2.75, 3.05) is 26.8 Å². The van der Waals surface area contributed by atoms with Crippen LogP contribution in [0.1, 0.15) is 23.7 Å². The summed E-state index contributed by atoms with van der Waals surface area (Å²) in [6.45, 7) is 0.787. The summed E-state index contributed by atoms with van der Waals surface area (Å²) in [6, 6.07) is 4.39. The number of hydrogen-bond acceptors (Lipinski definition) is 4. The number of methoxy groups -OCH3 is 1. The van der Waals surface area contributed by atoms with Crippen LogP contribution < -0.4 is 0 Å². The number of rotatable bonds is 5. The van der Waals surface area contributed by atoms with Gasteiger partial charge in [-0.15, -0.1) is 0 Å². The summed E-state index contributed by atoms with van der Waals surface area (Å²) in [5, 5.41) is 19.6.